The van der Waals surface area contributed by atoms with E-state index in [0.29, 0.717) is 57.8 Å². The zero-order valence-corrected chi connectivity index (χ0v) is 38.1. The van der Waals surface area contributed by atoms with Gasteiger partial charge < -0.3 is 5.73 Å². The zero-order chi connectivity index (χ0) is 49.2. The smallest absolute Gasteiger partial charge is 0.261 e. The Balaban J connectivity index is 0.972. The lowest BCUT2D eigenvalue weighted by Gasteiger charge is -2.44. The minimum absolute atomic E-state index is 0.0333. The number of nitrogens with zero attached hydrogens (tertiary/aromatic N) is 4. The van der Waals surface area contributed by atoms with Crippen LogP contribution in [0, 0.1) is 17.8 Å². The molecule has 4 aromatic rings. The molecule has 19 rings (SSSR count). The van der Waals surface area contributed by atoms with E-state index in [9.17, 15) is 57.5 Å². The Kier molecular flexibility index (Phi) is 9.19. The van der Waals surface area contributed by atoms with Crippen LogP contribution in [0.25, 0.3) is 10.8 Å². The van der Waals surface area contributed by atoms with E-state index in [2.05, 4.69) is 0 Å². The van der Waals surface area contributed by atoms with E-state index in [0.717, 1.165) is 25.7 Å². The van der Waals surface area contributed by atoms with Gasteiger partial charge >= 0.3 is 0 Å². The topological polar surface area (TPSA) is 244 Å². The van der Waals surface area contributed by atoms with Crippen molar-refractivity contribution in [3.8, 4) is 0 Å². The SMILES string of the molecule is NC(=O)c1cc2c3cc1C(=O)C[C@H]1CCCC[C@@H]1N1C(=O)c4cc5c(cc4C1=O)C(=O)C(C5=O)C1CCCC[C@@H]1N1C(=O)c4ccc5c6c(ccc(c46)C1=O)C(=O)N(C5=O)[C@H]1CCCC[C@@H]1N(C2=O)C3=O. The van der Waals surface area contributed by atoms with Crippen LogP contribution in [0.2, 0.25) is 0 Å². The number of rotatable bonds is 1. The van der Waals surface area contributed by atoms with Gasteiger partial charge in [-0.25, -0.2) is 0 Å². The maximum Gasteiger partial charge on any atom is 0.261 e. The van der Waals surface area contributed by atoms with Crippen molar-refractivity contribution < 1.29 is 57.5 Å². The van der Waals surface area contributed by atoms with Crippen LogP contribution in [0.1, 0.15) is 208 Å². The van der Waals surface area contributed by atoms with E-state index >= 15 is 0 Å². The lowest BCUT2D eigenvalue weighted by Crippen LogP contribution is -2.59. The Labute approximate surface area is 403 Å². The van der Waals surface area contributed by atoms with Gasteiger partial charge in [0.05, 0.1) is 45.8 Å². The van der Waals surface area contributed by atoms with Crippen LogP contribution in [-0.2, 0) is 0 Å². The van der Waals surface area contributed by atoms with Gasteiger partial charge in [0.15, 0.2) is 17.3 Å². The van der Waals surface area contributed by atoms with E-state index in [1.54, 1.807) is 0 Å². The Hall–Kier alpha value is -7.82. The van der Waals surface area contributed by atoms with Gasteiger partial charge in [0.2, 0.25) is 5.91 Å². The third-order valence-electron chi connectivity index (χ3n) is 17.3. The molecule has 17 nitrogen and oxygen atoms in total. The number of benzene rings is 4. The van der Waals surface area contributed by atoms with Gasteiger partial charge in [-0.2, -0.15) is 0 Å². The summed E-state index contributed by atoms with van der Waals surface area (Å²) in [7, 11) is 0. The summed E-state index contributed by atoms with van der Waals surface area (Å²) in [5, 5.41) is 0.221. The summed E-state index contributed by atoms with van der Waals surface area (Å²) in [4.78, 5) is 179. The van der Waals surface area contributed by atoms with Crippen LogP contribution in [0.15, 0.2) is 48.5 Å². The Bertz CT molecular complexity index is 3260. The minimum Gasteiger partial charge on any atom is -0.366 e. The number of amides is 9. The summed E-state index contributed by atoms with van der Waals surface area (Å²) in [5.74, 6) is -11.5. The van der Waals surface area contributed by atoms with Crippen LogP contribution in [-0.4, -0.2) is 114 Å². The Morgan fingerprint density at radius 3 is 1.21 bits per heavy atom. The predicted octanol–water partition coefficient (Wildman–Crippen LogP) is 5.73. The van der Waals surface area contributed by atoms with E-state index in [1.165, 1.54) is 42.5 Å². The average molecular weight is 954 g/mol. The number of ketones is 3. The van der Waals surface area contributed by atoms with Gasteiger partial charge in [-0.05, 0) is 98.9 Å². The van der Waals surface area contributed by atoms with Gasteiger partial charge in [0.1, 0.15) is 0 Å². The Morgan fingerprint density at radius 2 is 0.746 bits per heavy atom. The summed E-state index contributed by atoms with van der Waals surface area (Å²) >= 11 is 0. The molecule has 9 amide bonds. The lowest BCUT2D eigenvalue weighted by atomic mass is 9.73. The average Bonchev–Trinajstić information content (AvgIpc) is 3.87. The van der Waals surface area contributed by atoms with Crippen molar-refractivity contribution >= 4 is 81.3 Å². The first-order valence-corrected chi connectivity index (χ1v) is 24.6. The molecule has 0 saturated heterocycles. The number of hydrogen-bond donors (Lipinski definition) is 1. The highest BCUT2D eigenvalue weighted by molar-refractivity contribution is 6.34. The molecule has 6 atom stereocenters. The highest BCUT2D eigenvalue weighted by atomic mass is 16.2. The molecule has 17 bridgehead atoms. The van der Waals surface area contributed by atoms with Crippen molar-refractivity contribution in [1.29, 1.82) is 0 Å². The van der Waals surface area contributed by atoms with Crippen molar-refractivity contribution in [2.45, 2.75) is 108 Å². The summed E-state index contributed by atoms with van der Waals surface area (Å²) in [6.45, 7) is 0. The van der Waals surface area contributed by atoms with E-state index < -0.39 is 112 Å². The number of fused-ring (bicyclic) bond motifs is 1. The van der Waals surface area contributed by atoms with E-state index in [4.69, 9.17) is 5.73 Å². The van der Waals surface area contributed by atoms with Gasteiger partial charge in [0.25, 0.3) is 47.3 Å². The molecule has 0 aromatic heterocycles. The molecule has 71 heavy (non-hydrogen) atoms. The first-order valence-electron chi connectivity index (χ1n) is 24.6. The second kappa shape index (κ2) is 15.1. The summed E-state index contributed by atoms with van der Waals surface area (Å²) in [6.07, 6.45) is 4.99. The normalized spacial score (nSPS) is 27.7. The van der Waals surface area contributed by atoms with E-state index in [-0.39, 0.29) is 103 Å². The highest BCUT2D eigenvalue weighted by Crippen LogP contribution is 2.47. The number of carbonyl (C=O) groups is 12. The van der Waals surface area contributed by atoms with E-state index in [1.807, 2.05) is 0 Å². The van der Waals surface area contributed by atoms with Crippen LogP contribution in [0.4, 0.5) is 0 Å². The molecule has 11 heterocycles. The molecule has 15 aliphatic rings. The maximum atomic E-state index is 14.9. The first-order chi connectivity index (χ1) is 34.2. The van der Waals surface area contributed by atoms with Crippen molar-refractivity contribution in [2.75, 3.05) is 0 Å². The molecular formula is C54H43N5O12. The van der Waals surface area contributed by atoms with Crippen molar-refractivity contribution in [1.82, 2.24) is 19.6 Å². The number of Topliss-reactive ketones (excluding diaryl/α,β-unsaturated/α-hetero) is 3. The molecule has 4 aromatic carbocycles. The first kappa shape index (κ1) is 43.2. The summed E-state index contributed by atoms with van der Waals surface area (Å²) < 4.78 is 0. The lowest BCUT2D eigenvalue weighted by molar-refractivity contribution is 0.0265. The molecule has 2 N–H and O–H groups in total. The molecule has 1 unspecified atom stereocenters. The molecule has 0 spiro atoms. The molecule has 356 valence electrons. The zero-order valence-electron chi connectivity index (χ0n) is 38.1. The van der Waals surface area contributed by atoms with Gasteiger partial charge in [-0.15, -0.1) is 0 Å². The van der Waals surface area contributed by atoms with Crippen molar-refractivity contribution in [3.63, 3.8) is 0 Å². The molecule has 3 fully saturated rings. The second-order valence-corrected chi connectivity index (χ2v) is 20.6. The number of hydrogen-bond acceptors (Lipinski definition) is 12. The fourth-order valence-electron chi connectivity index (χ4n) is 14.1. The number of carbonyl (C=O) groups excluding carboxylic acids is 12. The van der Waals surface area contributed by atoms with Crippen molar-refractivity contribution in [2.24, 2.45) is 23.5 Å². The van der Waals surface area contributed by atoms with Gasteiger partial charge in [-0.1, -0.05) is 38.5 Å². The Morgan fingerprint density at radius 1 is 0.394 bits per heavy atom. The maximum absolute atomic E-state index is 14.9. The predicted molar refractivity (Wildman–Crippen MR) is 246 cm³/mol. The van der Waals surface area contributed by atoms with Crippen LogP contribution in [0.5, 0.6) is 0 Å². The number of imide groups is 4. The van der Waals surface area contributed by atoms with Crippen molar-refractivity contribution in [3.05, 3.63) is 115 Å². The largest absolute Gasteiger partial charge is 0.366 e. The number of nitrogens with two attached hydrogens (primary N) is 1. The monoisotopic (exact) mass is 953 g/mol. The quantitative estimate of drug-likeness (QED) is 0.178. The highest BCUT2D eigenvalue weighted by Gasteiger charge is 2.55. The molecule has 4 aliphatic carbocycles. The van der Waals surface area contributed by atoms with Crippen LogP contribution < -0.4 is 5.73 Å². The fraction of sp³-hybridized carbons (Fsp3) is 0.370. The second-order valence-electron chi connectivity index (χ2n) is 20.6. The summed E-state index contributed by atoms with van der Waals surface area (Å²) in [6, 6.07) is 6.85. The van der Waals surface area contributed by atoms with Gasteiger partial charge in [0, 0.05) is 68.2 Å². The minimum atomic E-state index is -1.32. The third kappa shape index (κ3) is 5.68. The standard InChI is InChI=1S/C54H43N5O12/c55-46(63)31-21-35-32-18-28(31)40(60)17-22-7-1-3-9-36(22)56-51(68)33-19-29-30(20-34(33)52(56)69)45(62)43(44(29)61)23-8-2-4-10-37(23)57-47(64)24-13-15-26-42-27(16-14-25(41(24)42)48(57)65)50(67)58(49(26)66)38-11-5-6-12-39(38)59(53(32)70)54(35)71/h13-16,18-23,36-39,43H,1-12,17H2,(H2,55,63)/t22-,23?,36+,37+,38+,39+/m1/s1. The fourth-order valence-corrected chi connectivity index (χ4v) is 14.1. The van der Waals surface area contributed by atoms with Gasteiger partial charge in [-0.3, -0.25) is 77.1 Å². The molecule has 0 radical (unpaired) electrons. The molecular weight excluding hydrogens is 911 g/mol. The molecule has 3 saturated carbocycles. The third-order valence-corrected chi connectivity index (χ3v) is 17.3. The molecule has 11 aliphatic heterocycles. The number of primary amides is 1. The summed E-state index contributed by atoms with van der Waals surface area (Å²) in [5.41, 5.74) is 4.91. The van der Waals surface area contributed by atoms with Crippen LogP contribution >= 0.6 is 0 Å². The van der Waals surface area contributed by atoms with Crippen LogP contribution in [0.3, 0.4) is 0 Å². The molecule has 17 heteroatoms.